The first-order valence-electron chi connectivity index (χ1n) is 11.8. The number of carbonyl (C=O) groups is 2. The number of rotatable bonds is 8. The Morgan fingerprint density at radius 3 is 1.57 bits per heavy atom. The molecule has 6 nitrogen and oxygen atoms in total. The van der Waals surface area contributed by atoms with Crippen molar-refractivity contribution < 1.29 is 28.5 Å². The molecular formula is C31H24O6. The van der Waals surface area contributed by atoms with Crippen LogP contribution in [-0.4, -0.2) is 25.2 Å². The number of hydrogen-bond donors (Lipinski definition) is 0. The zero-order valence-electron chi connectivity index (χ0n) is 20.2. The molecule has 0 aliphatic rings. The number of aryl methyl sites for hydroxylation is 1. The number of benzene rings is 5. The number of carbonyl (C=O) groups excluding carboxylic acids is 2. The van der Waals surface area contributed by atoms with Crippen LogP contribution in [0.25, 0.3) is 21.5 Å². The number of para-hydroxylation sites is 2. The highest BCUT2D eigenvalue weighted by molar-refractivity contribution is 6.12. The summed E-state index contributed by atoms with van der Waals surface area (Å²) in [7, 11) is 0. The van der Waals surface area contributed by atoms with E-state index >= 15 is 0 Å². The van der Waals surface area contributed by atoms with Crippen molar-refractivity contribution in [2.45, 2.75) is 6.92 Å². The average Bonchev–Trinajstić information content (AvgIpc) is 2.92. The van der Waals surface area contributed by atoms with Crippen LogP contribution >= 0.6 is 0 Å². The Bertz CT molecular complexity index is 1560. The fourth-order valence-electron chi connectivity index (χ4n) is 4.18. The summed E-state index contributed by atoms with van der Waals surface area (Å²) in [6.45, 7) is 1.41. The Labute approximate surface area is 214 Å². The van der Waals surface area contributed by atoms with Gasteiger partial charge in [-0.2, -0.15) is 0 Å². The molecule has 184 valence electrons. The van der Waals surface area contributed by atoms with Crippen LogP contribution in [0, 0.1) is 6.92 Å². The van der Waals surface area contributed by atoms with Gasteiger partial charge in [0.15, 0.2) is 13.2 Å². The lowest BCUT2D eigenvalue weighted by Gasteiger charge is -2.18. The zero-order valence-corrected chi connectivity index (χ0v) is 20.2. The van der Waals surface area contributed by atoms with Gasteiger partial charge < -0.3 is 18.9 Å². The third kappa shape index (κ3) is 5.38. The van der Waals surface area contributed by atoms with Gasteiger partial charge in [0.25, 0.3) is 0 Å². The summed E-state index contributed by atoms with van der Waals surface area (Å²) >= 11 is 0. The molecule has 5 aromatic carbocycles. The highest BCUT2D eigenvalue weighted by atomic mass is 16.6. The van der Waals surface area contributed by atoms with E-state index in [0.717, 1.165) is 27.1 Å². The van der Waals surface area contributed by atoms with Crippen LogP contribution in [0.1, 0.15) is 5.56 Å². The number of fused-ring (bicyclic) bond motifs is 2. The zero-order chi connectivity index (χ0) is 25.6. The smallest absolute Gasteiger partial charge is 0.349 e. The Morgan fingerprint density at radius 2 is 1.00 bits per heavy atom. The van der Waals surface area contributed by atoms with E-state index in [2.05, 4.69) is 0 Å². The van der Waals surface area contributed by atoms with Crippen LogP contribution in [0.5, 0.6) is 23.0 Å². The summed E-state index contributed by atoms with van der Waals surface area (Å²) in [4.78, 5) is 25.0. The van der Waals surface area contributed by atoms with Gasteiger partial charge in [-0.1, -0.05) is 78.9 Å². The van der Waals surface area contributed by atoms with E-state index < -0.39 is 11.9 Å². The number of hydrogen-bond acceptors (Lipinski definition) is 6. The van der Waals surface area contributed by atoms with E-state index in [0.29, 0.717) is 23.0 Å². The van der Waals surface area contributed by atoms with Crippen molar-refractivity contribution in [3.63, 3.8) is 0 Å². The van der Waals surface area contributed by atoms with Gasteiger partial charge in [0.2, 0.25) is 0 Å². The highest BCUT2D eigenvalue weighted by Crippen LogP contribution is 2.44. The molecule has 37 heavy (non-hydrogen) atoms. The van der Waals surface area contributed by atoms with E-state index in [1.165, 1.54) is 0 Å². The van der Waals surface area contributed by atoms with Crippen molar-refractivity contribution in [2.75, 3.05) is 13.2 Å². The van der Waals surface area contributed by atoms with Gasteiger partial charge in [0.1, 0.15) is 23.0 Å². The summed E-state index contributed by atoms with van der Waals surface area (Å²) in [5, 5.41) is 3.06. The van der Waals surface area contributed by atoms with Gasteiger partial charge in [0.05, 0.1) is 0 Å². The van der Waals surface area contributed by atoms with Crippen molar-refractivity contribution in [3.05, 3.63) is 109 Å². The lowest BCUT2D eigenvalue weighted by atomic mass is 9.97. The van der Waals surface area contributed by atoms with E-state index in [1.807, 2.05) is 61.5 Å². The molecule has 0 aromatic heterocycles. The molecule has 5 rings (SSSR count). The van der Waals surface area contributed by atoms with Crippen molar-refractivity contribution in [2.24, 2.45) is 0 Å². The first kappa shape index (κ1) is 23.9. The van der Waals surface area contributed by atoms with Gasteiger partial charge in [-0.3, -0.25) is 0 Å². The fourth-order valence-corrected chi connectivity index (χ4v) is 4.18. The molecule has 0 saturated carbocycles. The van der Waals surface area contributed by atoms with Crippen LogP contribution in [0.2, 0.25) is 0 Å². The molecule has 0 unspecified atom stereocenters. The van der Waals surface area contributed by atoms with Crippen LogP contribution in [0.15, 0.2) is 103 Å². The molecule has 0 saturated heterocycles. The predicted octanol–water partition coefficient (Wildman–Crippen LogP) is 6.27. The molecule has 0 aliphatic heterocycles. The Balaban J connectivity index is 1.46. The second kappa shape index (κ2) is 10.8. The third-order valence-electron chi connectivity index (χ3n) is 5.78. The van der Waals surface area contributed by atoms with Gasteiger partial charge in [0, 0.05) is 21.5 Å². The maximum atomic E-state index is 12.5. The van der Waals surface area contributed by atoms with E-state index in [9.17, 15) is 9.59 Å². The van der Waals surface area contributed by atoms with Gasteiger partial charge in [-0.25, -0.2) is 9.59 Å². The Kier molecular flexibility index (Phi) is 6.99. The lowest BCUT2D eigenvalue weighted by Crippen LogP contribution is -2.19. The summed E-state index contributed by atoms with van der Waals surface area (Å²) < 4.78 is 22.9. The minimum absolute atomic E-state index is 0.272. The largest absolute Gasteiger partial charge is 0.481 e. The minimum atomic E-state index is -0.514. The lowest BCUT2D eigenvalue weighted by molar-refractivity contribution is -0.137. The molecule has 0 heterocycles. The molecule has 0 aliphatic carbocycles. The summed E-state index contributed by atoms with van der Waals surface area (Å²) in [6, 6.07) is 31.0. The quantitative estimate of drug-likeness (QED) is 0.144. The Hall–Kier alpha value is -4.84. The molecule has 0 radical (unpaired) electrons. The second-order valence-electron chi connectivity index (χ2n) is 8.35. The Morgan fingerprint density at radius 1 is 0.541 bits per heavy atom. The minimum Gasteiger partial charge on any atom is -0.481 e. The number of esters is 2. The van der Waals surface area contributed by atoms with Gasteiger partial charge in [-0.05, 0) is 36.8 Å². The number of ether oxygens (including phenoxy) is 4. The van der Waals surface area contributed by atoms with Crippen molar-refractivity contribution in [3.8, 4) is 23.0 Å². The monoisotopic (exact) mass is 492 g/mol. The van der Waals surface area contributed by atoms with Crippen LogP contribution in [0.4, 0.5) is 0 Å². The van der Waals surface area contributed by atoms with E-state index in [4.69, 9.17) is 18.9 Å². The topological polar surface area (TPSA) is 71.1 Å². The molecule has 0 fully saturated rings. The normalized spacial score (nSPS) is 10.7. The molecule has 6 heteroatoms. The van der Waals surface area contributed by atoms with E-state index in [1.54, 1.807) is 48.5 Å². The van der Waals surface area contributed by atoms with Gasteiger partial charge in [-0.15, -0.1) is 0 Å². The molecule has 5 aromatic rings. The second-order valence-corrected chi connectivity index (χ2v) is 8.35. The first-order valence-corrected chi connectivity index (χ1v) is 11.8. The summed E-state index contributed by atoms with van der Waals surface area (Å²) in [5.41, 5.74) is 0.936. The van der Waals surface area contributed by atoms with Crippen LogP contribution < -0.4 is 18.9 Å². The predicted molar refractivity (Wildman–Crippen MR) is 141 cm³/mol. The third-order valence-corrected chi connectivity index (χ3v) is 5.78. The molecule has 0 atom stereocenters. The maximum Gasteiger partial charge on any atom is 0.349 e. The average molecular weight is 493 g/mol. The summed E-state index contributed by atoms with van der Waals surface area (Å²) in [5.74, 6) is 0.966. The molecule has 0 spiro atoms. The highest BCUT2D eigenvalue weighted by Gasteiger charge is 2.20. The maximum absolute atomic E-state index is 12.5. The van der Waals surface area contributed by atoms with Crippen LogP contribution in [0.3, 0.4) is 0 Å². The summed E-state index contributed by atoms with van der Waals surface area (Å²) in [6.07, 6.45) is 0. The standard InChI is InChI=1S/C31H24O6/c1-21-11-10-18-26-29(21)31(35-20-28(33)37-23-14-6-3-7-15-23)25-17-9-8-16-24(25)30(26)34-19-27(32)36-22-12-4-2-5-13-22/h2-18H,19-20H2,1H3. The fraction of sp³-hybridized carbons (Fsp3) is 0.0968. The molecule has 0 N–H and O–H groups in total. The molecule has 0 amide bonds. The van der Waals surface area contributed by atoms with Crippen molar-refractivity contribution in [1.82, 2.24) is 0 Å². The SMILES string of the molecule is Cc1cccc2c(OCC(=O)Oc3ccccc3)c3ccccc3c(OCC(=O)Oc3ccccc3)c12. The molecule has 0 bridgehead atoms. The van der Waals surface area contributed by atoms with Gasteiger partial charge >= 0.3 is 11.9 Å². The van der Waals surface area contributed by atoms with Crippen LogP contribution in [-0.2, 0) is 9.59 Å². The van der Waals surface area contributed by atoms with Crippen molar-refractivity contribution >= 4 is 33.5 Å². The molecular weight excluding hydrogens is 468 g/mol. The van der Waals surface area contributed by atoms with E-state index in [-0.39, 0.29) is 13.2 Å². The van der Waals surface area contributed by atoms with Crippen molar-refractivity contribution in [1.29, 1.82) is 0 Å². The first-order chi connectivity index (χ1) is 18.1.